The van der Waals surface area contributed by atoms with E-state index in [9.17, 15) is 0 Å². The normalized spacial score (nSPS) is 20.5. The fraction of sp³-hybridized carbons (Fsp3) is 0.478. The van der Waals surface area contributed by atoms with E-state index < -0.39 is 0 Å². The fourth-order valence-electron chi connectivity index (χ4n) is 4.52. The first-order valence-electron chi connectivity index (χ1n) is 10.6. The van der Waals surface area contributed by atoms with Gasteiger partial charge in [0.15, 0.2) is 0 Å². The van der Waals surface area contributed by atoms with Crippen LogP contribution in [-0.4, -0.2) is 46.9 Å². The fourth-order valence-corrected chi connectivity index (χ4v) is 4.52. The van der Waals surface area contributed by atoms with Crippen LogP contribution in [0.4, 0.5) is 5.95 Å². The van der Waals surface area contributed by atoms with E-state index in [0.717, 1.165) is 68.7 Å². The molecule has 6 heteroatoms. The Morgan fingerprint density at radius 3 is 2.55 bits per heavy atom. The summed E-state index contributed by atoms with van der Waals surface area (Å²) in [6, 6.07) is 11.0. The van der Waals surface area contributed by atoms with Crippen molar-refractivity contribution in [2.24, 2.45) is 0 Å². The maximum absolute atomic E-state index is 6.46. The Labute approximate surface area is 171 Å². The van der Waals surface area contributed by atoms with Crippen molar-refractivity contribution in [1.29, 1.82) is 0 Å². The second-order valence-electron chi connectivity index (χ2n) is 8.18. The van der Waals surface area contributed by atoms with Crippen LogP contribution < -0.4 is 9.64 Å². The predicted octanol–water partition coefficient (Wildman–Crippen LogP) is 4.06. The molecule has 2 saturated heterocycles. The summed E-state index contributed by atoms with van der Waals surface area (Å²) < 4.78 is 14.4. The molecule has 1 aromatic carbocycles. The van der Waals surface area contributed by atoms with E-state index in [2.05, 4.69) is 49.9 Å². The van der Waals surface area contributed by atoms with Crippen LogP contribution in [0.3, 0.4) is 0 Å². The lowest BCUT2D eigenvalue weighted by atomic mass is 10.1. The minimum Gasteiger partial charge on any atom is -0.490 e. The third kappa shape index (κ3) is 3.69. The molecule has 2 aromatic heterocycles. The van der Waals surface area contributed by atoms with E-state index in [1.807, 2.05) is 19.9 Å². The molecule has 29 heavy (non-hydrogen) atoms. The minimum atomic E-state index is 0.223. The monoisotopic (exact) mass is 392 g/mol. The molecule has 2 aliphatic heterocycles. The highest BCUT2D eigenvalue weighted by molar-refractivity contribution is 5.86. The molecule has 2 fully saturated rings. The Bertz CT molecular complexity index is 981. The van der Waals surface area contributed by atoms with Crippen LogP contribution in [0.25, 0.3) is 10.9 Å². The molecule has 0 bridgehead atoms. The number of hydrogen-bond donors (Lipinski definition) is 0. The number of anilines is 1. The average Bonchev–Trinajstić information content (AvgIpc) is 3.38. The van der Waals surface area contributed by atoms with Gasteiger partial charge >= 0.3 is 0 Å². The van der Waals surface area contributed by atoms with Crippen LogP contribution in [0, 0.1) is 13.8 Å². The first-order valence-corrected chi connectivity index (χ1v) is 10.6. The molecule has 0 spiro atoms. The van der Waals surface area contributed by atoms with E-state index in [0.29, 0.717) is 6.04 Å². The molecular weight excluding hydrogens is 364 g/mol. The summed E-state index contributed by atoms with van der Waals surface area (Å²) in [6.45, 7) is 7.54. The van der Waals surface area contributed by atoms with Crippen molar-refractivity contribution in [3.8, 4) is 5.75 Å². The third-order valence-electron chi connectivity index (χ3n) is 6.01. The summed E-state index contributed by atoms with van der Waals surface area (Å²) in [5.41, 5.74) is 3.28. The highest BCUT2D eigenvalue weighted by Crippen LogP contribution is 2.32. The number of fused-ring (bicyclic) bond motifs is 1. The Morgan fingerprint density at radius 2 is 1.83 bits per heavy atom. The van der Waals surface area contributed by atoms with Gasteiger partial charge in [0.05, 0.1) is 18.2 Å². The molecular formula is C23H28N4O2. The molecule has 3 aromatic rings. The van der Waals surface area contributed by atoms with E-state index >= 15 is 0 Å². The highest BCUT2D eigenvalue weighted by Gasteiger charge is 2.24. The summed E-state index contributed by atoms with van der Waals surface area (Å²) in [5.74, 6) is 1.83. The van der Waals surface area contributed by atoms with Gasteiger partial charge in [0.1, 0.15) is 11.9 Å². The number of benzene rings is 1. The van der Waals surface area contributed by atoms with Crippen molar-refractivity contribution in [3.05, 3.63) is 47.9 Å². The summed E-state index contributed by atoms with van der Waals surface area (Å²) in [6.07, 6.45) is 5.43. The smallest absolute Gasteiger partial charge is 0.225 e. The van der Waals surface area contributed by atoms with Gasteiger partial charge in [-0.3, -0.25) is 0 Å². The zero-order valence-corrected chi connectivity index (χ0v) is 17.2. The molecule has 152 valence electrons. The second kappa shape index (κ2) is 7.67. The summed E-state index contributed by atoms with van der Waals surface area (Å²) >= 11 is 0. The lowest BCUT2D eigenvalue weighted by Gasteiger charge is -2.32. The number of aryl methyl sites for hydroxylation is 2. The molecule has 1 atom stereocenters. The number of hydrogen-bond acceptors (Lipinski definition) is 5. The summed E-state index contributed by atoms with van der Waals surface area (Å²) in [7, 11) is 0. The molecule has 0 saturated carbocycles. The number of piperidine rings is 1. The van der Waals surface area contributed by atoms with Gasteiger partial charge in [-0.15, -0.1) is 0 Å². The van der Waals surface area contributed by atoms with Crippen LogP contribution in [0.15, 0.2) is 36.5 Å². The van der Waals surface area contributed by atoms with Gasteiger partial charge in [0.25, 0.3) is 0 Å². The molecule has 5 rings (SSSR count). The third-order valence-corrected chi connectivity index (χ3v) is 6.01. The lowest BCUT2D eigenvalue weighted by molar-refractivity contribution is 0.172. The van der Waals surface area contributed by atoms with Crippen molar-refractivity contribution in [1.82, 2.24) is 14.5 Å². The first-order chi connectivity index (χ1) is 14.2. The van der Waals surface area contributed by atoms with Crippen molar-refractivity contribution in [2.75, 3.05) is 31.2 Å². The Kier molecular flexibility index (Phi) is 4.87. The number of ether oxygens (including phenoxy) is 2. The van der Waals surface area contributed by atoms with Crippen molar-refractivity contribution < 1.29 is 9.47 Å². The predicted molar refractivity (Wildman–Crippen MR) is 114 cm³/mol. The molecule has 6 nitrogen and oxygen atoms in total. The number of aromatic nitrogens is 3. The van der Waals surface area contributed by atoms with Gasteiger partial charge in [0, 0.05) is 55.5 Å². The highest BCUT2D eigenvalue weighted by atomic mass is 16.5. The van der Waals surface area contributed by atoms with Gasteiger partial charge in [0.2, 0.25) is 5.95 Å². The summed E-state index contributed by atoms with van der Waals surface area (Å²) in [4.78, 5) is 11.5. The Hall–Kier alpha value is -2.60. The van der Waals surface area contributed by atoms with E-state index in [1.54, 1.807) is 0 Å². The van der Waals surface area contributed by atoms with Gasteiger partial charge in [-0.25, -0.2) is 9.97 Å². The van der Waals surface area contributed by atoms with Crippen molar-refractivity contribution in [3.63, 3.8) is 0 Å². The molecule has 4 heterocycles. The van der Waals surface area contributed by atoms with Gasteiger partial charge in [-0.05, 0) is 44.5 Å². The van der Waals surface area contributed by atoms with Crippen LogP contribution in [0.2, 0.25) is 0 Å². The van der Waals surface area contributed by atoms with E-state index in [4.69, 9.17) is 9.47 Å². The Balaban J connectivity index is 1.28. The Morgan fingerprint density at radius 1 is 1.03 bits per heavy atom. The zero-order valence-electron chi connectivity index (χ0n) is 17.2. The van der Waals surface area contributed by atoms with Gasteiger partial charge in [-0.1, -0.05) is 6.07 Å². The topological polar surface area (TPSA) is 52.4 Å². The average molecular weight is 393 g/mol. The molecule has 1 unspecified atom stereocenters. The standard InChI is InChI=1S/C23H28N4O2/c1-16-14-17(2)25-23(24-16)26-10-6-19(7-11-26)29-22-5-3-4-21-20(22)8-12-27(21)18-9-13-28-15-18/h3-5,8,12,14,18-19H,6-7,9-11,13,15H2,1-2H3. The van der Waals surface area contributed by atoms with Crippen LogP contribution in [0.1, 0.15) is 36.7 Å². The van der Waals surface area contributed by atoms with E-state index in [-0.39, 0.29) is 6.10 Å². The number of nitrogens with zero attached hydrogens (tertiary/aromatic N) is 4. The molecule has 2 aliphatic rings. The molecule has 0 amide bonds. The maximum atomic E-state index is 6.46. The SMILES string of the molecule is Cc1cc(C)nc(N2CCC(Oc3cccc4c3ccn4C3CCOC3)CC2)n1. The van der Waals surface area contributed by atoms with Crippen molar-refractivity contribution in [2.45, 2.75) is 45.3 Å². The van der Waals surface area contributed by atoms with Gasteiger partial charge in [-0.2, -0.15) is 0 Å². The number of rotatable bonds is 4. The molecule has 0 N–H and O–H groups in total. The van der Waals surface area contributed by atoms with Crippen molar-refractivity contribution >= 4 is 16.9 Å². The lowest BCUT2D eigenvalue weighted by Crippen LogP contribution is -2.39. The quantitative estimate of drug-likeness (QED) is 0.670. The summed E-state index contributed by atoms with van der Waals surface area (Å²) in [5, 5.41) is 1.19. The van der Waals surface area contributed by atoms with Crippen LogP contribution >= 0.6 is 0 Å². The minimum absolute atomic E-state index is 0.223. The van der Waals surface area contributed by atoms with Gasteiger partial charge < -0.3 is 18.9 Å². The molecule has 0 radical (unpaired) electrons. The van der Waals surface area contributed by atoms with Crippen LogP contribution in [0.5, 0.6) is 5.75 Å². The zero-order chi connectivity index (χ0) is 19.8. The largest absolute Gasteiger partial charge is 0.490 e. The second-order valence-corrected chi connectivity index (χ2v) is 8.18. The van der Waals surface area contributed by atoms with Crippen LogP contribution in [-0.2, 0) is 4.74 Å². The van der Waals surface area contributed by atoms with E-state index in [1.165, 1.54) is 10.9 Å². The maximum Gasteiger partial charge on any atom is 0.225 e. The first kappa shape index (κ1) is 18.4. The molecule has 0 aliphatic carbocycles.